The third-order valence-electron chi connectivity index (χ3n) is 5.62. The van der Waals surface area contributed by atoms with Crippen LogP contribution in [0.25, 0.3) is 0 Å². The number of hydrogen-bond donors (Lipinski definition) is 0. The standard InChI is InChI=1S/C13H24N2O2.C9H18N2O/c1-6-12(16)15-10(4)7-14(8-11(15)5)13(17)9(2)3;1-8(2)9(12)11-6-4-10(3)5-7-11/h9-11H,6-8H2,1-5H3;8H,4-7H2,1-3H3. The van der Waals surface area contributed by atoms with E-state index in [4.69, 9.17) is 0 Å². The van der Waals surface area contributed by atoms with Gasteiger partial charge in [-0.15, -0.1) is 0 Å². The molecule has 2 heterocycles. The quantitative estimate of drug-likeness (QED) is 0.713. The summed E-state index contributed by atoms with van der Waals surface area (Å²) in [6, 6.07) is 0.239. The van der Waals surface area contributed by atoms with Gasteiger partial charge in [-0.05, 0) is 20.9 Å². The van der Waals surface area contributed by atoms with Crippen LogP contribution in [0.3, 0.4) is 0 Å². The summed E-state index contributed by atoms with van der Waals surface area (Å²) >= 11 is 0. The summed E-state index contributed by atoms with van der Waals surface area (Å²) in [6.45, 7) is 18.8. The average molecular weight is 411 g/mol. The van der Waals surface area contributed by atoms with Crippen LogP contribution in [0.5, 0.6) is 0 Å². The molecule has 2 saturated heterocycles. The molecule has 2 aliphatic rings. The van der Waals surface area contributed by atoms with E-state index in [1.807, 2.05) is 63.2 Å². The minimum absolute atomic E-state index is 0.0304. The number of carbonyl (C=O) groups is 3. The van der Waals surface area contributed by atoms with Gasteiger partial charge in [0.2, 0.25) is 17.7 Å². The molecule has 29 heavy (non-hydrogen) atoms. The van der Waals surface area contributed by atoms with Crippen LogP contribution in [-0.4, -0.2) is 95.7 Å². The van der Waals surface area contributed by atoms with Crippen LogP contribution in [0.1, 0.15) is 54.9 Å². The first-order chi connectivity index (χ1) is 13.5. The molecule has 7 nitrogen and oxygen atoms in total. The van der Waals surface area contributed by atoms with Crippen LogP contribution < -0.4 is 0 Å². The molecule has 0 radical (unpaired) electrons. The highest BCUT2D eigenvalue weighted by Crippen LogP contribution is 2.18. The van der Waals surface area contributed by atoms with Crippen LogP contribution in [0.2, 0.25) is 0 Å². The molecule has 2 aliphatic heterocycles. The van der Waals surface area contributed by atoms with Crippen molar-refractivity contribution in [2.45, 2.75) is 67.0 Å². The molecule has 2 unspecified atom stereocenters. The second kappa shape index (κ2) is 11.5. The molecule has 2 rings (SSSR count). The summed E-state index contributed by atoms with van der Waals surface area (Å²) in [7, 11) is 2.09. The van der Waals surface area contributed by atoms with E-state index in [-0.39, 0.29) is 35.7 Å². The molecule has 0 bridgehead atoms. The van der Waals surface area contributed by atoms with Gasteiger partial charge in [0.25, 0.3) is 0 Å². The largest absolute Gasteiger partial charge is 0.340 e. The third kappa shape index (κ3) is 7.28. The molecule has 3 amide bonds. The van der Waals surface area contributed by atoms with Gasteiger partial charge in [-0.2, -0.15) is 0 Å². The number of carbonyl (C=O) groups excluding carboxylic acids is 3. The summed E-state index contributed by atoms with van der Waals surface area (Å²) < 4.78 is 0. The first-order valence-electron chi connectivity index (χ1n) is 11.1. The fraction of sp³-hybridized carbons (Fsp3) is 0.864. The van der Waals surface area contributed by atoms with Crippen molar-refractivity contribution in [2.75, 3.05) is 46.3 Å². The monoisotopic (exact) mass is 410 g/mol. The fourth-order valence-corrected chi connectivity index (χ4v) is 3.93. The van der Waals surface area contributed by atoms with Gasteiger partial charge in [-0.25, -0.2) is 0 Å². The summed E-state index contributed by atoms with van der Waals surface area (Å²) in [5, 5.41) is 0. The molecule has 0 saturated carbocycles. The molecule has 0 aliphatic carbocycles. The summed E-state index contributed by atoms with van der Waals surface area (Å²) in [6.07, 6.45) is 0.535. The Balaban J connectivity index is 0.000000308. The number of rotatable bonds is 3. The normalized spacial score (nSPS) is 23.2. The minimum atomic E-state index is 0.0304. The lowest BCUT2D eigenvalue weighted by molar-refractivity contribution is -0.147. The van der Waals surface area contributed by atoms with Gasteiger partial charge in [0.15, 0.2) is 0 Å². The van der Waals surface area contributed by atoms with Gasteiger partial charge in [0, 0.05) is 69.6 Å². The van der Waals surface area contributed by atoms with E-state index in [1.165, 1.54) is 0 Å². The van der Waals surface area contributed by atoms with E-state index >= 15 is 0 Å². The number of hydrogen-bond acceptors (Lipinski definition) is 4. The highest BCUT2D eigenvalue weighted by molar-refractivity contribution is 5.80. The second-order valence-corrected chi connectivity index (χ2v) is 9.03. The molecular formula is C22H42N4O3. The zero-order chi connectivity index (χ0) is 22.3. The van der Waals surface area contributed by atoms with Gasteiger partial charge >= 0.3 is 0 Å². The van der Waals surface area contributed by atoms with Gasteiger partial charge in [-0.1, -0.05) is 34.6 Å². The fourth-order valence-electron chi connectivity index (χ4n) is 3.93. The molecule has 0 aromatic carbocycles. The molecule has 2 fully saturated rings. The molecule has 2 atom stereocenters. The van der Waals surface area contributed by atoms with Gasteiger partial charge < -0.3 is 19.6 Å². The first-order valence-corrected chi connectivity index (χ1v) is 11.1. The zero-order valence-electron chi connectivity index (χ0n) is 19.8. The van der Waals surface area contributed by atoms with E-state index < -0.39 is 0 Å². The number of likely N-dealkylation sites (N-methyl/N-ethyl adjacent to an activating group) is 1. The number of amides is 3. The smallest absolute Gasteiger partial charge is 0.225 e. The van der Waals surface area contributed by atoms with Gasteiger partial charge in [0.1, 0.15) is 0 Å². The Morgan fingerprint density at radius 2 is 1.21 bits per heavy atom. The van der Waals surface area contributed by atoms with E-state index in [9.17, 15) is 14.4 Å². The molecule has 0 N–H and O–H groups in total. The van der Waals surface area contributed by atoms with Crippen molar-refractivity contribution in [3.05, 3.63) is 0 Å². The predicted octanol–water partition coefficient (Wildman–Crippen LogP) is 1.92. The highest BCUT2D eigenvalue weighted by Gasteiger charge is 2.34. The lowest BCUT2D eigenvalue weighted by Crippen LogP contribution is -2.60. The predicted molar refractivity (Wildman–Crippen MR) is 116 cm³/mol. The topological polar surface area (TPSA) is 64.2 Å². The molecule has 0 aromatic rings. The molecule has 7 heteroatoms. The summed E-state index contributed by atoms with van der Waals surface area (Å²) in [4.78, 5) is 43.3. The van der Waals surface area contributed by atoms with Crippen LogP contribution >= 0.6 is 0 Å². The second-order valence-electron chi connectivity index (χ2n) is 9.03. The highest BCUT2D eigenvalue weighted by atomic mass is 16.2. The van der Waals surface area contributed by atoms with Crippen molar-refractivity contribution in [3.8, 4) is 0 Å². The zero-order valence-corrected chi connectivity index (χ0v) is 19.8. The Morgan fingerprint density at radius 3 is 1.59 bits per heavy atom. The van der Waals surface area contributed by atoms with E-state index in [1.54, 1.807) is 0 Å². The molecule has 0 aromatic heterocycles. The Labute approximate surface area is 177 Å². The Morgan fingerprint density at radius 1 is 0.793 bits per heavy atom. The van der Waals surface area contributed by atoms with E-state index in [0.29, 0.717) is 25.4 Å². The Hall–Kier alpha value is -1.63. The van der Waals surface area contributed by atoms with Crippen LogP contribution in [0.15, 0.2) is 0 Å². The molecule has 168 valence electrons. The van der Waals surface area contributed by atoms with Gasteiger partial charge in [-0.3, -0.25) is 14.4 Å². The summed E-state index contributed by atoms with van der Waals surface area (Å²) in [5.74, 6) is 0.841. The van der Waals surface area contributed by atoms with E-state index in [0.717, 1.165) is 26.2 Å². The van der Waals surface area contributed by atoms with Gasteiger partial charge in [0.05, 0.1) is 0 Å². The molecule has 0 spiro atoms. The lowest BCUT2D eigenvalue weighted by Gasteiger charge is -2.45. The maximum absolute atomic E-state index is 12.0. The van der Waals surface area contributed by atoms with Crippen LogP contribution in [-0.2, 0) is 14.4 Å². The van der Waals surface area contributed by atoms with Crippen LogP contribution in [0.4, 0.5) is 0 Å². The SMILES string of the molecule is CC(C)C(=O)N1CCN(C)CC1.CCC(=O)N1C(C)CN(C(=O)C(C)C)CC1C. The van der Waals surface area contributed by atoms with Crippen molar-refractivity contribution in [1.29, 1.82) is 0 Å². The molecular weight excluding hydrogens is 368 g/mol. The third-order valence-corrected chi connectivity index (χ3v) is 5.62. The lowest BCUT2D eigenvalue weighted by atomic mass is 10.0. The van der Waals surface area contributed by atoms with Crippen molar-refractivity contribution < 1.29 is 14.4 Å². The van der Waals surface area contributed by atoms with Crippen molar-refractivity contribution in [3.63, 3.8) is 0 Å². The minimum Gasteiger partial charge on any atom is -0.340 e. The Bertz CT molecular complexity index is 544. The van der Waals surface area contributed by atoms with Crippen molar-refractivity contribution in [1.82, 2.24) is 19.6 Å². The maximum Gasteiger partial charge on any atom is 0.225 e. The summed E-state index contributed by atoms with van der Waals surface area (Å²) in [5.41, 5.74) is 0. The van der Waals surface area contributed by atoms with Crippen molar-refractivity contribution >= 4 is 17.7 Å². The maximum atomic E-state index is 12.0. The first kappa shape index (κ1) is 25.4. The Kier molecular flexibility index (Phi) is 10.1. The number of nitrogens with zero attached hydrogens (tertiary/aromatic N) is 4. The average Bonchev–Trinajstić information content (AvgIpc) is 2.66. The van der Waals surface area contributed by atoms with E-state index in [2.05, 4.69) is 11.9 Å². The number of piperazine rings is 2. The van der Waals surface area contributed by atoms with Crippen molar-refractivity contribution in [2.24, 2.45) is 11.8 Å². The van der Waals surface area contributed by atoms with Crippen LogP contribution in [0, 0.1) is 11.8 Å².